The molecule has 2 aliphatic carbocycles. The highest BCUT2D eigenvalue weighted by Crippen LogP contribution is 2.61. The summed E-state index contributed by atoms with van der Waals surface area (Å²) in [5.74, 6) is 0. The predicted octanol–water partition coefficient (Wildman–Crippen LogP) is 2.44. The van der Waals surface area contributed by atoms with Gasteiger partial charge in [0.1, 0.15) is 0 Å². The van der Waals surface area contributed by atoms with Gasteiger partial charge in [0, 0.05) is 23.3 Å². The van der Waals surface area contributed by atoms with Crippen molar-refractivity contribution in [3.05, 3.63) is 11.4 Å². The smallest absolute Gasteiger partial charge is 0.290 e. The quantitative estimate of drug-likeness (QED) is 0.514. The molecule has 0 N–H and O–H groups in total. The maximum absolute atomic E-state index is 7.57. The van der Waals surface area contributed by atoms with E-state index >= 15 is 0 Å². The van der Waals surface area contributed by atoms with Crippen molar-refractivity contribution in [1.82, 2.24) is 5.06 Å². The van der Waals surface area contributed by atoms with Crippen molar-refractivity contribution >= 4 is 11.8 Å². The molecule has 2 saturated carbocycles. The standard InChI is InChI=1S/C12H16N2OS/c1-13-12(5-3-2-4-6-12)14-8-7-9(15-14)11-10(8)16-11/h8-11H,2-7H2. The van der Waals surface area contributed by atoms with Gasteiger partial charge < -0.3 is 0 Å². The summed E-state index contributed by atoms with van der Waals surface area (Å²) in [6.45, 7) is 7.57. The Morgan fingerprint density at radius 2 is 2.06 bits per heavy atom. The van der Waals surface area contributed by atoms with Crippen LogP contribution in [0.4, 0.5) is 0 Å². The minimum atomic E-state index is -0.300. The average Bonchev–Trinajstić information content (AvgIpc) is 2.95. The minimum absolute atomic E-state index is 0.300. The molecule has 4 aliphatic rings. The summed E-state index contributed by atoms with van der Waals surface area (Å²) in [5.41, 5.74) is -0.300. The monoisotopic (exact) mass is 236 g/mol. The Labute approximate surface area is 100 Å². The summed E-state index contributed by atoms with van der Waals surface area (Å²) in [5, 5.41) is 3.69. The molecule has 16 heavy (non-hydrogen) atoms. The molecule has 3 nitrogen and oxygen atoms in total. The van der Waals surface area contributed by atoms with Gasteiger partial charge in [-0.25, -0.2) is 6.57 Å². The highest BCUT2D eigenvalue weighted by molar-refractivity contribution is 8.07. The molecule has 2 heterocycles. The van der Waals surface area contributed by atoms with Crippen molar-refractivity contribution in [2.24, 2.45) is 0 Å². The van der Waals surface area contributed by atoms with Gasteiger partial charge in [0.2, 0.25) is 0 Å². The second kappa shape index (κ2) is 3.16. The van der Waals surface area contributed by atoms with Crippen molar-refractivity contribution in [1.29, 1.82) is 0 Å². The van der Waals surface area contributed by atoms with Crippen LogP contribution in [0.15, 0.2) is 0 Å². The van der Waals surface area contributed by atoms with Crippen LogP contribution in [0.1, 0.15) is 38.5 Å². The molecule has 0 spiro atoms. The van der Waals surface area contributed by atoms with Gasteiger partial charge in [-0.2, -0.15) is 0 Å². The van der Waals surface area contributed by atoms with Crippen LogP contribution in [-0.4, -0.2) is 33.4 Å². The minimum Gasteiger partial charge on any atom is -0.290 e. The first kappa shape index (κ1) is 9.76. The van der Waals surface area contributed by atoms with Crippen molar-refractivity contribution in [3.8, 4) is 0 Å². The zero-order valence-corrected chi connectivity index (χ0v) is 10.1. The lowest BCUT2D eigenvalue weighted by Gasteiger charge is -2.37. The third kappa shape index (κ3) is 1.12. The van der Waals surface area contributed by atoms with E-state index in [0.29, 0.717) is 12.1 Å². The molecule has 0 aromatic heterocycles. The van der Waals surface area contributed by atoms with E-state index in [-0.39, 0.29) is 5.66 Å². The number of hydrogen-bond acceptors (Lipinski definition) is 3. The van der Waals surface area contributed by atoms with Gasteiger partial charge >= 0.3 is 5.66 Å². The molecule has 4 heteroatoms. The molecule has 4 unspecified atom stereocenters. The Balaban J connectivity index is 1.62. The van der Waals surface area contributed by atoms with E-state index in [1.807, 2.05) is 0 Å². The zero-order valence-electron chi connectivity index (χ0n) is 9.26. The Kier molecular flexibility index (Phi) is 1.92. The topological polar surface area (TPSA) is 16.8 Å². The molecule has 4 atom stereocenters. The van der Waals surface area contributed by atoms with Gasteiger partial charge in [-0.05, 0) is 19.3 Å². The van der Waals surface area contributed by atoms with Crippen molar-refractivity contribution < 1.29 is 4.84 Å². The summed E-state index contributed by atoms with van der Waals surface area (Å²) in [4.78, 5) is 10.0. The maximum atomic E-state index is 7.57. The summed E-state index contributed by atoms with van der Waals surface area (Å²) in [6.07, 6.45) is 7.32. The zero-order chi connectivity index (χ0) is 10.8. The molecule has 2 bridgehead atoms. The molecule has 0 radical (unpaired) electrons. The van der Waals surface area contributed by atoms with Crippen LogP contribution in [0.2, 0.25) is 0 Å². The van der Waals surface area contributed by atoms with E-state index in [0.717, 1.165) is 23.3 Å². The molecule has 4 rings (SSSR count). The fourth-order valence-corrected chi connectivity index (χ4v) is 5.08. The van der Waals surface area contributed by atoms with Gasteiger partial charge in [-0.1, -0.05) is 6.42 Å². The van der Waals surface area contributed by atoms with Crippen LogP contribution >= 0.6 is 11.8 Å². The summed E-state index contributed by atoms with van der Waals surface area (Å²) in [7, 11) is 0. The Morgan fingerprint density at radius 1 is 1.25 bits per heavy atom. The number of nitrogens with zero attached hydrogens (tertiary/aromatic N) is 2. The van der Waals surface area contributed by atoms with Crippen molar-refractivity contribution in [2.45, 2.75) is 66.8 Å². The first-order chi connectivity index (χ1) is 7.84. The van der Waals surface area contributed by atoms with Gasteiger partial charge in [0.25, 0.3) is 0 Å². The maximum Gasteiger partial charge on any atom is 0.309 e. The highest BCUT2D eigenvalue weighted by Gasteiger charge is 2.68. The molecule has 2 saturated heterocycles. The predicted molar refractivity (Wildman–Crippen MR) is 62.7 cm³/mol. The summed E-state index contributed by atoms with van der Waals surface area (Å²) >= 11 is 2.06. The molecule has 0 aromatic rings. The van der Waals surface area contributed by atoms with E-state index in [4.69, 9.17) is 11.4 Å². The third-order valence-corrected chi connectivity index (χ3v) is 6.12. The number of hydrogen-bond donors (Lipinski definition) is 0. The lowest BCUT2D eigenvalue weighted by atomic mass is 9.88. The fraction of sp³-hybridized carbons (Fsp3) is 0.917. The van der Waals surface area contributed by atoms with Crippen LogP contribution in [0.5, 0.6) is 0 Å². The number of thioether (sulfide) groups is 1. The van der Waals surface area contributed by atoms with E-state index in [2.05, 4.69) is 21.7 Å². The second-order valence-electron chi connectivity index (χ2n) is 5.49. The molecule has 0 aromatic carbocycles. The molecular formula is C12H16N2OS. The van der Waals surface area contributed by atoms with Gasteiger partial charge in [-0.15, -0.1) is 16.8 Å². The molecular weight excluding hydrogens is 220 g/mol. The number of hydroxylamine groups is 2. The first-order valence-corrected chi connectivity index (χ1v) is 7.29. The Morgan fingerprint density at radius 3 is 2.69 bits per heavy atom. The second-order valence-corrected chi connectivity index (χ2v) is 6.85. The van der Waals surface area contributed by atoms with Crippen LogP contribution in [0, 0.1) is 6.57 Å². The number of fused-ring (bicyclic) bond motifs is 5. The summed E-state index contributed by atoms with van der Waals surface area (Å²) < 4.78 is 0. The fourth-order valence-electron chi connectivity index (χ4n) is 3.71. The third-order valence-electron chi connectivity index (χ3n) is 4.60. The first-order valence-electron chi connectivity index (χ1n) is 6.34. The van der Waals surface area contributed by atoms with Gasteiger partial charge in [0.05, 0.1) is 12.1 Å². The molecule has 0 amide bonds. The largest absolute Gasteiger partial charge is 0.309 e. The molecule has 2 aliphatic heterocycles. The SMILES string of the molecule is [C-]#[N+]C1(N2OC3CC2C2SC32)CCCCC1. The van der Waals surface area contributed by atoms with Crippen molar-refractivity contribution in [2.75, 3.05) is 0 Å². The normalized spacial score (nSPS) is 48.7. The number of rotatable bonds is 1. The van der Waals surface area contributed by atoms with Crippen molar-refractivity contribution in [3.63, 3.8) is 0 Å². The van der Waals surface area contributed by atoms with E-state index in [1.54, 1.807) is 0 Å². The molecule has 86 valence electrons. The van der Waals surface area contributed by atoms with E-state index in [1.165, 1.54) is 25.7 Å². The van der Waals surface area contributed by atoms with E-state index < -0.39 is 0 Å². The van der Waals surface area contributed by atoms with Crippen LogP contribution in [0.3, 0.4) is 0 Å². The highest BCUT2D eigenvalue weighted by atomic mass is 32.2. The van der Waals surface area contributed by atoms with Crippen LogP contribution in [0.25, 0.3) is 4.85 Å². The average molecular weight is 236 g/mol. The van der Waals surface area contributed by atoms with Crippen LogP contribution in [-0.2, 0) is 4.84 Å². The molecule has 4 fully saturated rings. The lowest BCUT2D eigenvalue weighted by molar-refractivity contribution is -0.230. The van der Waals surface area contributed by atoms with E-state index in [9.17, 15) is 0 Å². The van der Waals surface area contributed by atoms with Gasteiger partial charge in [0.15, 0.2) is 0 Å². The van der Waals surface area contributed by atoms with Crippen LogP contribution < -0.4 is 0 Å². The van der Waals surface area contributed by atoms with Gasteiger partial charge in [-0.3, -0.25) is 9.68 Å². The lowest BCUT2D eigenvalue weighted by Crippen LogP contribution is -2.52. The Hall–Kier alpha value is -0.240. The summed E-state index contributed by atoms with van der Waals surface area (Å²) in [6, 6.07) is 0.548. The Bertz CT molecular complexity index is 361.